The van der Waals surface area contributed by atoms with E-state index in [0.29, 0.717) is 11.4 Å². The summed E-state index contributed by atoms with van der Waals surface area (Å²) in [5, 5.41) is 3.95. The molecule has 5 heteroatoms. The fraction of sp³-hybridized carbons (Fsp3) is 0.500. The minimum Gasteiger partial charge on any atom is -0.306 e. The lowest BCUT2D eigenvalue weighted by Crippen LogP contribution is -2.31. The molecule has 0 aliphatic carbocycles. The summed E-state index contributed by atoms with van der Waals surface area (Å²) < 4.78 is 23.7. The molecule has 17 heavy (non-hydrogen) atoms. The second kappa shape index (κ2) is 4.96. The van der Waals surface area contributed by atoms with E-state index in [2.05, 4.69) is 5.32 Å². The average molecular weight is 274 g/mol. The lowest BCUT2D eigenvalue weighted by Gasteiger charge is -2.20. The lowest BCUT2D eigenvalue weighted by atomic mass is 10.1. The first-order chi connectivity index (χ1) is 7.98. The molecule has 94 valence electrons. The van der Waals surface area contributed by atoms with Crippen molar-refractivity contribution in [3.63, 3.8) is 0 Å². The first-order valence-electron chi connectivity index (χ1n) is 5.69. The van der Waals surface area contributed by atoms with Gasteiger partial charge in [0.05, 0.1) is 11.5 Å². The van der Waals surface area contributed by atoms with Crippen molar-refractivity contribution in [2.24, 2.45) is 0 Å². The Morgan fingerprint density at radius 2 is 2.06 bits per heavy atom. The summed E-state index contributed by atoms with van der Waals surface area (Å²) in [5.74, 6) is 0.378. The molecule has 0 radical (unpaired) electrons. The Hall–Kier alpha value is -0.580. The normalized spacial score (nSPS) is 28.6. The van der Waals surface area contributed by atoms with Crippen molar-refractivity contribution >= 4 is 21.4 Å². The molecule has 1 aliphatic heterocycles. The molecule has 1 aromatic carbocycles. The molecule has 2 atom stereocenters. The highest BCUT2D eigenvalue weighted by molar-refractivity contribution is 7.91. The van der Waals surface area contributed by atoms with Gasteiger partial charge < -0.3 is 5.32 Å². The molecule has 2 rings (SSSR count). The first kappa shape index (κ1) is 12.9. The number of rotatable bonds is 1. The largest absolute Gasteiger partial charge is 0.306 e. The van der Waals surface area contributed by atoms with Gasteiger partial charge in [-0.05, 0) is 25.0 Å². The van der Waals surface area contributed by atoms with Crippen molar-refractivity contribution in [1.29, 1.82) is 0 Å². The van der Waals surface area contributed by atoms with Gasteiger partial charge in [0, 0.05) is 17.1 Å². The van der Waals surface area contributed by atoms with Gasteiger partial charge in [0.25, 0.3) is 0 Å². The number of hydrogen-bond acceptors (Lipinski definition) is 3. The maximum atomic E-state index is 11.8. The molecule has 1 saturated heterocycles. The zero-order valence-electron chi connectivity index (χ0n) is 9.69. The SMILES string of the molecule is CC1CCS(=O)(=O)CC(c2ccccc2Cl)N1. The standard InChI is InChI=1S/C12H16ClNO2S/c1-9-6-7-17(15,16)8-12(14-9)10-4-2-3-5-11(10)13/h2-5,9,12,14H,6-8H2,1H3. The highest BCUT2D eigenvalue weighted by atomic mass is 35.5. The Morgan fingerprint density at radius 3 is 2.76 bits per heavy atom. The van der Waals surface area contributed by atoms with E-state index < -0.39 is 9.84 Å². The molecular weight excluding hydrogens is 258 g/mol. The topological polar surface area (TPSA) is 46.2 Å². The van der Waals surface area contributed by atoms with E-state index in [-0.39, 0.29) is 23.6 Å². The monoisotopic (exact) mass is 273 g/mol. The van der Waals surface area contributed by atoms with Crippen LogP contribution < -0.4 is 5.32 Å². The number of nitrogens with one attached hydrogen (secondary N) is 1. The zero-order valence-corrected chi connectivity index (χ0v) is 11.3. The van der Waals surface area contributed by atoms with E-state index in [4.69, 9.17) is 11.6 Å². The van der Waals surface area contributed by atoms with Crippen molar-refractivity contribution in [2.45, 2.75) is 25.4 Å². The third-order valence-corrected chi connectivity index (χ3v) is 5.09. The Balaban J connectivity index is 2.33. The van der Waals surface area contributed by atoms with Gasteiger partial charge in [-0.25, -0.2) is 8.42 Å². The van der Waals surface area contributed by atoms with Crippen molar-refractivity contribution in [3.8, 4) is 0 Å². The van der Waals surface area contributed by atoms with Crippen LogP contribution in [0.1, 0.15) is 24.9 Å². The predicted molar refractivity (Wildman–Crippen MR) is 70.1 cm³/mol. The number of sulfone groups is 1. The Bertz CT molecular complexity index is 501. The van der Waals surface area contributed by atoms with Gasteiger partial charge in [0.1, 0.15) is 0 Å². The minimum absolute atomic E-state index is 0.126. The highest BCUT2D eigenvalue weighted by Crippen LogP contribution is 2.26. The second-order valence-corrected chi connectivity index (χ2v) is 7.18. The molecule has 2 unspecified atom stereocenters. The molecule has 0 saturated carbocycles. The number of halogens is 1. The van der Waals surface area contributed by atoms with Crippen molar-refractivity contribution in [2.75, 3.05) is 11.5 Å². The van der Waals surface area contributed by atoms with Crippen LogP contribution in [-0.2, 0) is 9.84 Å². The molecule has 3 nitrogen and oxygen atoms in total. The smallest absolute Gasteiger partial charge is 0.152 e. The van der Waals surface area contributed by atoms with Gasteiger partial charge in [0.2, 0.25) is 0 Å². The summed E-state index contributed by atoms with van der Waals surface area (Å²) >= 11 is 6.12. The maximum absolute atomic E-state index is 11.8. The minimum atomic E-state index is -2.99. The molecule has 1 N–H and O–H groups in total. The van der Waals surface area contributed by atoms with Crippen LogP contribution in [0.4, 0.5) is 0 Å². The van der Waals surface area contributed by atoms with Crippen LogP contribution in [-0.4, -0.2) is 26.0 Å². The van der Waals surface area contributed by atoms with Gasteiger partial charge >= 0.3 is 0 Å². The van der Waals surface area contributed by atoms with Crippen molar-refractivity contribution < 1.29 is 8.42 Å². The van der Waals surface area contributed by atoms with E-state index in [1.807, 2.05) is 25.1 Å². The van der Waals surface area contributed by atoms with Crippen molar-refractivity contribution in [1.82, 2.24) is 5.32 Å². The van der Waals surface area contributed by atoms with E-state index in [1.54, 1.807) is 6.07 Å². The van der Waals surface area contributed by atoms with E-state index in [0.717, 1.165) is 5.56 Å². The van der Waals surface area contributed by atoms with Crippen LogP contribution in [0, 0.1) is 0 Å². The van der Waals surface area contributed by atoms with Gasteiger partial charge in [-0.1, -0.05) is 29.8 Å². The molecular formula is C12H16ClNO2S. The molecule has 0 aromatic heterocycles. The van der Waals surface area contributed by atoms with Crippen LogP contribution in [0.5, 0.6) is 0 Å². The molecule has 1 heterocycles. The third-order valence-electron chi connectivity index (χ3n) is 3.05. The predicted octanol–water partition coefficient (Wildman–Crippen LogP) is 2.18. The van der Waals surface area contributed by atoms with Gasteiger partial charge in [0.15, 0.2) is 9.84 Å². The maximum Gasteiger partial charge on any atom is 0.152 e. The molecule has 1 aliphatic rings. The first-order valence-corrected chi connectivity index (χ1v) is 7.89. The lowest BCUT2D eigenvalue weighted by molar-refractivity contribution is 0.484. The zero-order chi connectivity index (χ0) is 12.5. The van der Waals surface area contributed by atoms with Crippen LogP contribution in [0.3, 0.4) is 0 Å². The van der Waals surface area contributed by atoms with E-state index in [1.165, 1.54) is 0 Å². The van der Waals surface area contributed by atoms with Crippen LogP contribution in [0.2, 0.25) is 5.02 Å². The van der Waals surface area contributed by atoms with Gasteiger partial charge in [-0.2, -0.15) is 0 Å². The second-order valence-electron chi connectivity index (χ2n) is 4.54. The quantitative estimate of drug-likeness (QED) is 0.853. The summed E-state index contributed by atoms with van der Waals surface area (Å²) in [6, 6.07) is 7.39. The average Bonchev–Trinajstić information content (AvgIpc) is 2.38. The van der Waals surface area contributed by atoms with Gasteiger partial charge in [-0.3, -0.25) is 0 Å². The Labute approximate surface area is 107 Å². The molecule has 0 amide bonds. The van der Waals surface area contributed by atoms with Crippen LogP contribution in [0.15, 0.2) is 24.3 Å². The molecule has 0 spiro atoms. The Morgan fingerprint density at radius 1 is 1.35 bits per heavy atom. The number of hydrogen-bond donors (Lipinski definition) is 1. The summed E-state index contributed by atoms with van der Waals surface area (Å²) in [6.07, 6.45) is 0.656. The fourth-order valence-electron chi connectivity index (χ4n) is 2.11. The van der Waals surface area contributed by atoms with E-state index in [9.17, 15) is 8.42 Å². The highest BCUT2D eigenvalue weighted by Gasteiger charge is 2.27. The summed E-state index contributed by atoms with van der Waals surface area (Å²) in [7, 11) is -2.99. The number of benzene rings is 1. The van der Waals surface area contributed by atoms with E-state index >= 15 is 0 Å². The molecule has 1 aromatic rings. The van der Waals surface area contributed by atoms with Gasteiger partial charge in [-0.15, -0.1) is 0 Å². The summed E-state index contributed by atoms with van der Waals surface area (Å²) in [5.41, 5.74) is 0.867. The third kappa shape index (κ3) is 3.21. The Kier molecular flexibility index (Phi) is 3.76. The van der Waals surface area contributed by atoms with Crippen molar-refractivity contribution in [3.05, 3.63) is 34.9 Å². The van der Waals surface area contributed by atoms with Crippen LogP contribution >= 0.6 is 11.6 Å². The molecule has 0 bridgehead atoms. The summed E-state index contributed by atoms with van der Waals surface area (Å²) in [4.78, 5) is 0. The summed E-state index contributed by atoms with van der Waals surface area (Å²) in [6.45, 7) is 2.00. The molecule has 1 fully saturated rings. The fourth-order valence-corrected chi connectivity index (χ4v) is 4.04. The van der Waals surface area contributed by atoms with Crippen LogP contribution in [0.25, 0.3) is 0 Å².